The highest BCUT2D eigenvalue weighted by Gasteiger charge is 2.16. The van der Waals surface area contributed by atoms with Crippen LogP contribution in [0.25, 0.3) is 21.3 Å². The van der Waals surface area contributed by atoms with Gasteiger partial charge in [-0.2, -0.15) is 0 Å². The Morgan fingerprint density at radius 3 is 2.72 bits per heavy atom. The molecule has 0 amide bonds. The standard InChI is InChI=1S/C20H12ClN3O3S2/c21-14-6-4-12(5-7-14)16-9-28-19-18(16)20(23-11-22-19)29-10-17(25)13-2-1-3-15(8-13)24(26)27/h1-9,11H,10H2. The van der Waals surface area contributed by atoms with Crippen molar-refractivity contribution in [1.29, 1.82) is 0 Å². The quantitative estimate of drug-likeness (QED) is 0.122. The molecular weight excluding hydrogens is 430 g/mol. The van der Waals surface area contributed by atoms with Gasteiger partial charge in [-0.3, -0.25) is 14.9 Å². The van der Waals surface area contributed by atoms with Gasteiger partial charge in [-0.15, -0.1) is 11.3 Å². The molecule has 0 atom stereocenters. The minimum atomic E-state index is -0.512. The first-order chi connectivity index (χ1) is 14.0. The van der Waals surface area contributed by atoms with Gasteiger partial charge in [0.2, 0.25) is 0 Å². The number of nitro groups is 1. The normalized spacial score (nSPS) is 10.9. The van der Waals surface area contributed by atoms with Crippen molar-refractivity contribution in [3.8, 4) is 11.1 Å². The number of carbonyl (C=O) groups is 1. The molecule has 9 heteroatoms. The van der Waals surface area contributed by atoms with Crippen LogP contribution in [0.15, 0.2) is 65.3 Å². The number of nitrogens with zero attached hydrogens (tertiary/aromatic N) is 3. The minimum absolute atomic E-state index is 0.104. The molecule has 0 saturated carbocycles. The van der Waals surface area contributed by atoms with Crippen LogP contribution in [0.1, 0.15) is 10.4 Å². The molecule has 0 aliphatic rings. The predicted molar refractivity (Wildman–Crippen MR) is 116 cm³/mol. The number of non-ortho nitro benzene ring substituents is 1. The molecule has 0 spiro atoms. The zero-order chi connectivity index (χ0) is 20.4. The van der Waals surface area contributed by atoms with Crippen molar-refractivity contribution >= 4 is 56.4 Å². The van der Waals surface area contributed by atoms with Crippen LogP contribution >= 0.6 is 34.7 Å². The van der Waals surface area contributed by atoms with E-state index >= 15 is 0 Å². The number of aromatic nitrogens is 2. The fourth-order valence-corrected chi connectivity index (χ4v) is 4.82. The summed E-state index contributed by atoms with van der Waals surface area (Å²) in [7, 11) is 0. The summed E-state index contributed by atoms with van der Waals surface area (Å²) in [5.74, 6) is -0.0860. The van der Waals surface area contributed by atoms with Gasteiger partial charge in [0.1, 0.15) is 16.2 Å². The lowest BCUT2D eigenvalue weighted by atomic mass is 10.1. The van der Waals surface area contributed by atoms with Crippen LogP contribution in [-0.4, -0.2) is 26.4 Å². The van der Waals surface area contributed by atoms with E-state index in [0.29, 0.717) is 15.6 Å². The molecule has 0 aliphatic heterocycles. The fraction of sp³-hybridized carbons (Fsp3) is 0.0500. The van der Waals surface area contributed by atoms with Gasteiger partial charge >= 0.3 is 0 Å². The lowest BCUT2D eigenvalue weighted by Crippen LogP contribution is -2.03. The van der Waals surface area contributed by atoms with E-state index in [0.717, 1.165) is 21.3 Å². The molecule has 4 rings (SSSR count). The van der Waals surface area contributed by atoms with Gasteiger partial charge in [-0.05, 0) is 17.7 Å². The van der Waals surface area contributed by atoms with Crippen LogP contribution in [-0.2, 0) is 0 Å². The van der Waals surface area contributed by atoms with Crippen molar-refractivity contribution in [3.63, 3.8) is 0 Å². The molecular formula is C20H12ClN3O3S2. The van der Waals surface area contributed by atoms with Crippen LogP contribution in [0, 0.1) is 10.1 Å². The molecule has 6 nitrogen and oxygen atoms in total. The molecule has 2 aromatic carbocycles. The first kappa shape index (κ1) is 19.5. The number of thioether (sulfide) groups is 1. The lowest BCUT2D eigenvalue weighted by Gasteiger charge is -2.05. The minimum Gasteiger partial charge on any atom is -0.293 e. The van der Waals surface area contributed by atoms with Gasteiger partial charge < -0.3 is 0 Å². The van der Waals surface area contributed by atoms with Gasteiger partial charge in [-0.25, -0.2) is 9.97 Å². The molecule has 0 radical (unpaired) electrons. The molecule has 0 fully saturated rings. The summed E-state index contributed by atoms with van der Waals surface area (Å²) in [5.41, 5.74) is 2.17. The average molecular weight is 442 g/mol. The number of hydrogen-bond donors (Lipinski definition) is 0. The number of rotatable bonds is 6. The molecule has 4 aromatic rings. The van der Waals surface area contributed by atoms with Crippen LogP contribution in [0.3, 0.4) is 0 Å². The number of Topliss-reactive ketones (excluding diaryl/α,β-unsaturated/α-hetero) is 1. The summed E-state index contributed by atoms with van der Waals surface area (Å²) in [6.07, 6.45) is 1.48. The molecule has 0 unspecified atom stereocenters. The molecule has 0 aliphatic carbocycles. The van der Waals surface area contributed by atoms with Crippen molar-refractivity contribution in [3.05, 3.63) is 80.9 Å². The maximum absolute atomic E-state index is 12.6. The summed E-state index contributed by atoms with van der Waals surface area (Å²) < 4.78 is 0. The summed E-state index contributed by atoms with van der Waals surface area (Å²) in [4.78, 5) is 32.5. The van der Waals surface area contributed by atoms with Gasteiger partial charge in [0, 0.05) is 33.7 Å². The summed E-state index contributed by atoms with van der Waals surface area (Å²) in [6.45, 7) is 0. The van der Waals surface area contributed by atoms with E-state index in [1.54, 1.807) is 6.07 Å². The highest BCUT2D eigenvalue weighted by Crippen LogP contribution is 2.38. The maximum Gasteiger partial charge on any atom is 0.270 e. The molecule has 2 heterocycles. The summed E-state index contributed by atoms with van der Waals surface area (Å²) >= 11 is 8.79. The van der Waals surface area contributed by atoms with Crippen molar-refractivity contribution in [2.75, 3.05) is 5.75 Å². The van der Waals surface area contributed by atoms with E-state index in [2.05, 4.69) is 9.97 Å². The van der Waals surface area contributed by atoms with E-state index in [4.69, 9.17) is 11.6 Å². The third kappa shape index (κ3) is 4.14. The Labute approximate surface area is 178 Å². The van der Waals surface area contributed by atoms with Crippen molar-refractivity contribution < 1.29 is 9.72 Å². The Hall–Kier alpha value is -2.81. The van der Waals surface area contributed by atoms with Crippen molar-refractivity contribution in [1.82, 2.24) is 9.97 Å². The van der Waals surface area contributed by atoms with Gasteiger partial charge in [-0.1, -0.05) is 47.6 Å². The van der Waals surface area contributed by atoms with Gasteiger partial charge in [0.05, 0.1) is 16.1 Å². The molecule has 0 saturated heterocycles. The Morgan fingerprint density at radius 2 is 1.97 bits per heavy atom. The number of ketones is 1. The number of benzene rings is 2. The third-order valence-electron chi connectivity index (χ3n) is 4.21. The van der Waals surface area contributed by atoms with E-state index in [1.807, 2.05) is 29.6 Å². The zero-order valence-electron chi connectivity index (χ0n) is 14.7. The Balaban J connectivity index is 1.62. The Bertz CT molecular complexity index is 1230. The van der Waals surface area contributed by atoms with E-state index in [1.165, 1.54) is 47.6 Å². The number of nitro benzene ring substituents is 1. The second kappa shape index (κ2) is 8.28. The van der Waals surface area contributed by atoms with E-state index < -0.39 is 4.92 Å². The Kier molecular flexibility index (Phi) is 5.57. The SMILES string of the molecule is O=C(CSc1ncnc2scc(-c3ccc(Cl)cc3)c12)c1cccc([N+](=O)[O-])c1. The molecule has 2 aromatic heterocycles. The Morgan fingerprint density at radius 1 is 1.17 bits per heavy atom. The van der Waals surface area contributed by atoms with Crippen molar-refractivity contribution in [2.45, 2.75) is 5.03 Å². The summed E-state index contributed by atoms with van der Waals surface area (Å²) in [6, 6.07) is 13.3. The van der Waals surface area contributed by atoms with Gasteiger partial charge in [0.15, 0.2) is 5.78 Å². The molecule has 29 heavy (non-hydrogen) atoms. The van der Waals surface area contributed by atoms with Crippen LogP contribution < -0.4 is 0 Å². The first-order valence-electron chi connectivity index (χ1n) is 8.41. The van der Waals surface area contributed by atoms with Crippen LogP contribution in [0.2, 0.25) is 5.02 Å². The van der Waals surface area contributed by atoms with Crippen molar-refractivity contribution in [2.24, 2.45) is 0 Å². The van der Waals surface area contributed by atoms with Crippen LogP contribution in [0.5, 0.6) is 0 Å². The van der Waals surface area contributed by atoms with Crippen LogP contribution in [0.4, 0.5) is 5.69 Å². The first-order valence-corrected chi connectivity index (χ1v) is 10.7. The topological polar surface area (TPSA) is 86.0 Å². The average Bonchev–Trinajstić information content (AvgIpc) is 3.17. The van der Waals surface area contributed by atoms with E-state index in [9.17, 15) is 14.9 Å². The highest BCUT2D eigenvalue weighted by molar-refractivity contribution is 8.00. The third-order valence-corrected chi connectivity index (χ3v) is 6.34. The number of halogens is 1. The number of fused-ring (bicyclic) bond motifs is 1. The fourth-order valence-electron chi connectivity index (χ4n) is 2.81. The van der Waals surface area contributed by atoms with E-state index in [-0.39, 0.29) is 17.2 Å². The predicted octanol–water partition coefficient (Wildman–Crippen LogP) is 5.89. The highest BCUT2D eigenvalue weighted by atomic mass is 35.5. The largest absolute Gasteiger partial charge is 0.293 e. The molecule has 144 valence electrons. The number of hydrogen-bond acceptors (Lipinski definition) is 7. The monoisotopic (exact) mass is 441 g/mol. The maximum atomic E-state index is 12.6. The zero-order valence-corrected chi connectivity index (χ0v) is 17.1. The lowest BCUT2D eigenvalue weighted by molar-refractivity contribution is -0.384. The molecule has 0 bridgehead atoms. The summed E-state index contributed by atoms with van der Waals surface area (Å²) in [5, 5.41) is 15.2. The smallest absolute Gasteiger partial charge is 0.270 e. The van der Waals surface area contributed by atoms with Gasteiger partial charge in [0.25, 0.3) is 5.69 Å². The number of carbonyl (C=O) groups excluding carboxylic acids is 1. The molecule has 0 N–H and O–H groups in total. The second-order valence-electron chi connectivity index (χ2n) is 6.03. The number of thiophene rings is 1. The second-order valence-corrected chi connectivity index (χ2v) is 8.29.